The number of halogens is 3. The molecule has 2 aromatic rings. The molecule has 3 rings (SSSR count). The normalized spacial score (nSPS) is 12.3. The van der Waals surface area contributed by atoms with Crippen molar-refractivity contribution in [1.82, 2.24) is 0 Å². The number of hydrogen-bond acceptors (Lipinski definition) is 5. The number of ether oxygens (including phenoxy) is 4. The Morgan fingerprint density at radius 3 is 2.50 bits per heavy atom. The second kappa shape index (κ2) is 7.04. The fourth-order valence-corrected chi connectivity index (χ4v) is 2.51. The maximum absolute atomic E-state index is 12.1. The maximum Gasteiger partial charge on any atom is 0.387 e. The third kappa shape index (κ3) is 3.76. The largest absolute Gasteiger partial charge is 0.457 e. The summed E-state index contributed by atoms with van der Waals surface area (Å²) in [6, 6.07) is 8.73. The van der Waals surface area contributed by atoms with Crippen LogP contribution in [0.15, 0.2) is 40.9 Å². The molecule has 1 heterocycles. The molecule has 0 amide bonds. The summed E-state index contributed by atoms with van der Waals surface area (Å²) in [5.74, 6) is 0.590. The van der Waals surface area contributed by atoms with E-state index in [4.69, 9.17) is 14.2 Å². The Kier molecular flexibility index (Phi) is 4.84. The molecule has 0 radical (unpaired) electrons. The van der Waals surface area contributed by atoms with Crippen molar-refractivity contribution in [3.05, 3.63) is 52.0 Å². The van der Waals surface area contributed by atoms with Crippen LogP contribution < -0.4 is 14.2 Å². The second-order valence-electron chi connectivity index (χ2n) is 4.78. The minimum Gasteiger partial charge on any atom is -0.457 e. The third-order valence-electron chi connectivity index (χ3n) is 3.22. The van der Waals surface area contributed by atoms with Gasteiger partial charge in [0.2, 0.25) is 6.79 Å². The Balaban J connectivity index is 1.63. The van der Waals surface area contributed by atoms with Crippen molar-refractivity contribution in [2.75, 3.05) is 6.79 Å². The zero-order valence-corrected chi connectivity index (χ0v) is 13.7. The smallest absolute Gasteiger partial charge is 0.387 e. The van der Waals surface area contributed by atoms with E-state index in [-0.39, 0.29) is 24.7 Å². The lowest BCUT2D eigenvalue weighted by Gasteiger charge is -2.09. The third-order valence-corrected chi connectivity index (χ3v) is 3.95. The minimum absolute atomic E-state index is 0.0192. The molecule has 24 heavy (non-hydrogen) atoms. The van der Waals surface area contributed by atoms with E-state index >= 15 is 0 Å². The molecule has 0 N–H and O–H groups in total. The standard InChI is InChI=1S/C16H11BrF2O5/c17-12-6-14-13(22-8-23-14)5-10(12)7-21-15(20)9-1-3-11(4-2-9)24-16(18)19/h1-6,16H,7-8H2. The lowest BCUT2D eigenvalue weighted by Crippen LogP contribution is -2.06. The molecular formula is C16H11BrF2O5. The summed E-state index contributed by atoms with van der Waals surface area (Å²) in [5.41, 5.74) is 0.943. The Morgan fingerprint density at radius 1 is 1.17 bits per heavy atom. The molecule has 126 valence electrons. The highest BCUT2D eigenvalue weighted by Crippen LogP contribution is 2.37. The first kappa shape index (κ1) is 16.5. The summed E-state index contributed by atoms with van der Waals surface area (Å²) < 4.78 is 44.8. The Hall–Kier alpha value is -2.35. The number of hydrogen-bond donors (Lipinski definition) is 0. The number of carbonyl (C=O) groups excluding carboxylic acids is 1. The number of carbonyl (C=O) groups is 1. The number of esters is 1. The van der Waals surface area contributed by atoms with Crippen LogP contribution in [0.25, 0.3) is 0 Å². The van der Waals surface area contributed by atoms with Crippen LogP contribution in [-0.4, -0.2) is 19.4 Å². The van der Waals surface area contributed by atoms with Gasteiger partial charge < -0.3 is 18.9 Å². The van der Waals surface area contributed by atoms with E-state index in [1.165, 1.54) is 24.3 Å². The summed E-state index contributed by atoms with van der Waals surface area (Å²) in [7, 11) is 0. The summed E-state index contributed by atoms with van der Waals surface area (Å²) in [6.45, 7) is -2.74. The van der Waals surface area contributed by atoms with Crippen LogP contribution >= 0.6 is 15.9 Å². The molecule has 0 fully saturated rings. The van der Waals surface area contributed by atoms with Crippen molar-refractivity contribution in [1.29, 1.82) is 0 Å². The molecule has 0 atom stereocenters. The monoisotopic (exact) mass is 400 g/mol. The van der Waals surface area contributed by atoms with E-state index in [1.807, 2.05) is 0 Å². The van der Waals surface area contributed by atoms with Crippen molar-refractivity contribution in [3.8, 4) is 17.2 Å². The van der Waals surface area contributed by atoms with E-state index < -0.39 is 12.6 Å². The molecule has 5 nitrogen and oxygen atoms in total. The lowest BCUT2D eigenvalue weighted by atomic mass is 10.2. The Labute approximate surface area is 144 Å². The van der Waals surface area contributed by atoms with E-state index in [1.54, 1.807) is 12.1 Å². The fraction of sp³-hybridized carbons (Fsp3) is 0.188. The van der Waals surface area contributed by atoms with Gasteiger partial charge in [0.25, 0.3) is 0 Å². The fourth-order valence-electron chi connectivity index (χ4n) is 2.07. The van der Waals surface area contributed by atoms with Gasteiger partial charge >= 0.3 is 12.6 Å². The van der Waals surface area contributed by atoms with Crippen molar-refractivity contribution in [2.45, 2.75) is 13.2 Å². The summed E-state index contributed by atoms with van der Waals surface area (Å²) in [4.78, 5) is 12.0. The minimum atomic E-state index is -2.91. The van der Waals surface area contributed by atoms with Crippen LogP contribution in [-0.2, 0) is 11.3 Å². The molecule has 0 bridgehead atoms. The first-order valence-corrected chi connectivity index (χ1v) is 7.62. The first-order valence-electron chi connectivity index (χ1n) is 6.83. The van der Waals surface area contributed by atoms with Crippen LogP contribution in [0, 0.1) is 0 Å². The predicted octanol–water partition coefficient (Wildman–Crippen LogP) is 4.14. The van der Waals surface area contributed by atoms with Gasteiger partial charge in [0.1, 0.15) is 12.4 Å². The average molecular weight is 401 g/mol. The molecule has 0 aromatic heterocycles. The van der Waals surface area contributed by atoms with E-state index in [9.17, 15) is 13.6 Å². The topological polar surface area (TPSA) is 54.0 Å². The lowest BCUT2D eigenvalue weighted by molar-refractivity contribution is -0.0498. The quantitative estimate of drug-likeness (QED) is 0.706. The van der Waals surface area contributed by atoms with Gasteiger partial charge in [0, 0.05) is 10.0 Å². The molecule has 0 saturated heterocycles. The van der Waals surface area contributed by atoms with Crippen LogP contribution in [0.1, 0.15) is 15.9 Å². The highest BCUT2D eigenvalue weighted by Gasteiger charge is 2.17. The second-order valence-corrected chi connectivity index (χ2v) is 5.63. The molecule has 0 spiro atoms. The van der Waals surface area contributed by atoms with Gasteiger partial charge in [-0.15, -0.1) is 0 Å². The molecule has 0 saturated carbocycles. The molecular weight excluding hydrogens is 390 g/mol. The molecule has 8 heteroatoms. The van der Waals surface area contributed by atoms with Gasteiger partial charge in [-0.3, -0.25) is 0 Å². The van der Waals surface area contributed by atoms with Gasteiger partial charge in [-0.05, 0) is 36.4 Å². The molecule has 1 aliphatic heterocycles. The summed E-state index contributed by atoms with van der Waals surface area (Å²) in [5, 5.41) is 0. The van der Waals surface area contributed by atoms with Crippen molar-refractivity contribution >= 4 is 21.9 Å². The summed E-state index contributed by atoms with van der Waals surface area (Å²) >= 11 is 3.37. The molecule has 1 aliphatic rings. The van der Waals surface area contributed by atoms with E-state index in [0.29, 0.717) is 17.1 Å². The molecule has 0 aliphatic carbocycles. The number of rotatable bonds is 5. The summed E-state index contributed by atoms with van der Waals surface area (Å²) in [6.07, 6.45) is 0. The van der Waals surface area contributed by atoms with Crippen molar-refractivity contribution in [3.63, 3.8) is 0 Å². The SMILES string of the molecule is O=C(OCc1cc2c(cc1Br)OCO2)c1ccc(OC(F)F)cc1. The zero-order chi connectivity index (χ0) is 17.1. The Morgan fingerprint density at radius 2 is 1.83 bits per heavy atom. The van der Waals surface area contributed by atoms with E-state index in [2.05, 4.69) is 20.7 Å². The van der Waals surface area contributed by atoms with Crippen LogP contribution in [0.4, 0.5) is 8.78 Å². The van der Waals surface area contributed by atoms with Gasteiger partial charge in [-0.2, -0.15) is 8.78 Å². The van der Waals surface area contributed by atoms with Gasteiger partial charge in [-0.25, -0.2) is 4.79 Å². The highest BCUT2D eigenvalue weighted by atomic mass is 79.9. The van der Waals surface area contributed by atoms with Crippen LogP contribution in [0.5, 0.6) is 17.2 Å². The van der Waals surface area contributed by atoms with Crippen molar-refractivity contribution < 1.29 is 32.5 Å². The van der Waals surface area contributed by atoms with Crippen molar-refractivity contribution in [2.24, 2.45) is 0 Å². The van der Waals surface area contributed by atoms with Gasteiger partial charge in [-0.1, -0.05) is 15.9 Å². The van der Waals surface area contributed by atoms with Gasteiger partial charge in [0.05, 0.1) is 5.56 Å². The zero-order valence-electron chi connectivity index (χ0n) is 12.1. The molecule has 0 unspecified atom stereocenters. The van der Waals surface area contributed by atoms with Crippen LogP contribution in [0.3, 0.4) is 0 Å². The Bertz CT molecular complexity index is 749. The van der Waals surface area contributed by atoms with E-state index in [0.717, 1.165) is 4.47 Å². The van der Waals surface area contributed by atoms with Gasteiger partial charge in [0.15, 0.2) is 11.5 Å². The maximum atomic E-state index is 12.1. The predicted molar refractivity (Wildman–Crippen MR) is 82.5 cm³/mol. The van der Waals surface area contributed by atoms with Crippen LogP contribution in [0.2, 0.25) is 0 Å². The first-order chi connectivity index (χ1) is 11.5. The highest BCUT2D eigenvalue weighted by molar-refractivity contribution is 9.10. The average Bonchev–Trinajstić information content (AvgIpc) is 2.99. The number of benzene rings is 2. The molecule has 2 aromatic carbocycles. The number of alkyl halides is 2. The number of fused-ring (bicyclic) bond motifs is 1.